The highest BCUT2D eigenvalue weighted by atomic mass is 79.9. The van der Waals surface area contributed by atoms with Crippen LogP contribution in [0.1, 0.15) is 0 Å². The maximum Gasteiger partial charge on any atom is 0.227 e. The minimum atomic E-state index is 0.579. The second-order valence-electron chi connectivity index (χ2n) is 4.16. The number of aromatic nitrogens is 1. The van der Waals surface area contributed by atoms with Gasteiger partial charge in [0.1, 0.15) is 5.75 Å². The van der Waals surface area contributed by atoms with E-state index >= 15 is 0 Å². The lowest BCUT2D eigenvalue weighted by atomic mass is 10.2. The molecule has 0 aliphatic heterocycles. The molecule has 3 nitrogen and oxygen atoms in total. The number of hydrogen-bond acceptors (Lipinski definition) is 3. The first-order valence-electron chi connectivity index (χ1n) is 5.80. The van der Waals surface area contributed by atoms with Crippen LogP contribution in [-0.2, 0) is 0 Å². The average Bonchev–Trinajstić information content (AvgIpc) is 2.38. The van der Waals surface area contributed by atoms with Gasteiger partial charge in [0.25, 0.3) is 0 Å². The monoisotopic (exact) mass is 314 g/mol. The molecule has 0 radical (unpaired) electrons. The van der Waals surface area contributed by atoms with E-state index in [1.165, 1.54) is 0 Å². The Balaban J connectivity index is 2.05. The van der Waals surface area contributed by atoms with Crippen LogP contribution in [-0.4, -0.2) is 4.98 Å². The smallest absolute Gasteiger partial charge is 0.227 e. The summed E-state index contributed by atoms with van der Waals surface area (Å²) in [5, 5.41) is 2.07. The molecule has 0 aliphatic carbocycles. The number of hydrogen-bond donors (Lipinski definition) is 1. The molecule has 3 aromatic rings. The number of halogens is 1. The molecule has 0 unspecified atom stereocenters. The summed E-state index contributed by atoms with van der Waals surface area (Å²) in [6.07, 6.45) is 1.74. The number of benzene rings is 2. The zero-order valence-electron chi connectivity index (χ0n) is 10.0. The molecule has 1 aromatic heterocycles. The largest absolute Gasteiger partial charge is 0.438 e. The summed E-state index contributed by atoms with van der Waals surface area (Å²) in [5.74, 6) is 1.24. The van der Waals surface area contributed by atoms with Crippen LogP contribution in [0.15, 0.2) is 59.2 Å². The number of anilines is 1. The van der Waals surface area contributed by atoms with Crippen molar-refractivity contribution in [3.05, 3.63) is 59.2 Å². The number of nitrogens with two attached hydrogens (primary N) is 1. The minimum absolute atomic E-state index is 0.579. The zero-order chi connectivity index (χ0) is 13.2. The van der Waals surface area contributed by atoms with E-state index in [1.807, 2.05) is 42.5 Å². The number of rotatable bonds is 2. The number of fused-ring (bicyclic) bond motifs is 1. The summed E-state index contributed by atoms with van der Waals surface area (Å²) in [6.45, 7) is 0. The van der Waals surface area contributed by atoms with Gasteiger partial charge in [0.2, 0.25) is 5.88 Å². The van der Waals surface area contributed by atoms with E-state index < -0.39 is 0 Å². The number of nitrogens with zero attached hydrogens (tertiary/aromatic N) is 1. The van der Waals surface area contributed by atoms with E-state index in [-0.39, 0.29) is 0 Å². The summed E-state index contributed by atoms with van der Waals surface area (Å²) >= 11 is 3.40. The summed E-state index contributed by atoms with van der Waals surface area (Å²) < 4.78 is 6.71. The Morgan fingerprint density at radius 2 is 1.89 bits per heavy atom. The van der Waals surface area contributed by atoms with Crippen LogP contribution < -0.4 is 10.5 Å². The Morgan fingerprint density at radius 3 is 2.74 bits per heavy atom. The van der Waals surface area contributed by atoms with E-state index in [4.69, 9.17) is 10.5 Å². The lowest BCUT2D eigenvalue weighted by Crippen LogP contribution is -1.91. The van der Waals surface area contributed by atoms with Gasteiger partial charge < -0.3 is 10.5 Å². The van der Waals surface area contributed by atoms with Gasteiger partial charge >= 0.3 is 0 Å². The fourth-order valence-electron chi connectivity index (χ4n) is 1.93. The molecule has 0 fully saturated rings. The number of pyridine rings is 1. The standard InChI is InChI=1S/C15H11BrN2O/c16-11-7-12(17)9-13(8-11)19-15-14-4-2-1-3-10(14)5-6-18-15/h1-9H,17H2. The van der Waals surface area contributed by atoms with Crippen molar-refractivity contribution in [2.24, 2.45) is 0 Å². The predicted molar refractivity (Wildman–Crippen MR) is 80.4 cm³/mol. The predicted octanol–water partition coefficient (Wildman–Crippen LogP) is 4.37. The molecule has 4 heteroatoms. The molecule has 0 aliphatic rings. The third-order valence-electron chi connectivity index (χ3n) is 2.75. The Labute approximate surface area is 119 Å². The summed E-state index contributed by atoms with van der Waals surface area (Å²) in [5.41, 5.74) is 6.44. The molecule has 0 spiro atoms. The van der Waals surface area contributed by atoms with Crippen molar-refractivity contribution in [1.82, 2.24) is 4.98 Å². The molecule has 2 aromatic carbocycles. The van der Waals surface area contributed by atoms with E-state index in [1.54, 1.807) is 12.3 Å². The minimum Gasteiger partial charge on any atom is -0.438 e. The van der Waals surface area contributed by atoms with Crippen molar-refractivity contribution in [2.75, 3.05) is 5.73 Å². The Kier molecular flexibility index (Phi) is 3.09. The molecular formula is C15H11BrN2O. The fraction of sp³-hybridized carbons (Fsp3) is 0. The molecule has 0 atom stereocenters. The third-order valence-corrected chi connectivity index (χ3v) is 3.20. The van der Waals surface area contributed by atoms with E-state index in [0.717, 1.165) is 15.2 Å². The molecule has 19 heavy (non-hydrogen) atoms. The van der Waals surface area contributed by atoms with E-state index in [9.17, 15) is 0 Å². The van der Waals surface area contributed by atoms with Gasteiger partial charge in [0.05, 0.1) is 0 Å². The fourth-order valence-corrected chi connectivity index (χ4v) is 2.42. The maximum atomic E-state index is 5.83. The van der Waals surface area contributed by atoms with Gasteiger partial charge in [-0.25, -0.2) is 4.98 Å². The first-order valence-corrected chi connectivity index (χ1v) is 6.59. The average molecular weight is 315 g/mol. The van der Waals surface area contributed by atoms with Gasteiger partial charge in [-0.15, -0.1) is 0 Å². The van der Waals surface area contributed by atoms with Crippen LogP contribution in [0.25, 0.3) is 10.8 Å². The molecule has 0 bridgehead atoms. The molecule has 3 rings (SSSR count). The molecule has 1 heterocycles. The van der Waals surface area contributed by atoms with Crippen LogP contribution in [0.3, 0.4) is 0 Å². The molecule has 94 valence electrons. The Hall–Kier alpha value is -2.07. The lowest BCUT2D eigenvalue weighted by molar-refractivity contribution is 0.469. The molecular weight excluding hydrogens is 304 g/mol. The van der Waals surface area contributed by atoms with Crippen molar-refractivity contribution in [3.8, 4) is 11.6 Å². The maximum absolute atomic E-state index is 5.83. The SMILES string of the molecule is Nc1cc(Br)cc(Oc2nccc3ccccc23)c1. The molecule has 0 saturated heterocycles. The topological polar surface area (TPSA) is 48.1 Å². The normalized spacial score (nSPS) is 10.6. The first-order chi connectivity index (χ1) is 9.22. The van der Waals surface area contributed by atoms with Gasteiger partial charge in [0.15, 0.2) is 0 Å². The van der Waals surface area contributed by atoms with Crippen molar-refractivity contribution in [2.45, 2.75) is 0 Å². The van der Waals surface area contributed by atoms with E-state index in [0.29, 0.717) is 17.3 Å². The van der Waals surface area contributed by atoms with Crippen LogP contribution in [0.5, 0.6) is 11.6 Å². The van der Waals surface area contributed by atoms with Crippen LogP contribution >= 0.6 is 15.9 Å². The highest BCUT2D eigenvalue weighted by molar-refractivity contribution is 9.10. The quantitative estimate of drug-likeness (QED) is 0.714. The van der Waals surface area contributed by atoms with Crippen LogP contribution in [0, 0.1) is 0 Å². The van der Waals surface area contributed by atoms with Crippen molar-refractivity contribution in [1.29, 1.82) is 0 Å². The second-order valence-corrected chi connectivity index (χ2v) is 5.08. The summed E-state index contributed by atoms with van der Waals surface area (Å²) in [6, 6.07) is 15.4. The summed E-state index contributed by atoms with van der Waals surface area (Å²) in [7, 11) is 0. The Bertz CT molecular complexity index is 718. The Morgan fingerprint density at radius 1 is 1.05 bits per heavy atom. The van der Waals surface area contributed by atoms with Crippen molar-refractivity contribution in [3.63, 3.8) is 0 Å². The first kappa shape index (κ1) is 12.0. The van der Waals surface area contributed by atoms with Crippen LogP contribution in [0.4, 0.5) is 5.69 Å². The zero-order valence-corrected chi connectivity index (χ0v) is 11.6. The van der Waals surface area contributed by atoms with Gasteiger partial charge in [-0.3, -0.25) is 0 Å². The van der Waals surface area contributed by atoms with Gasteiger partial charge in [-0.1, -0.05) is 34.1 Å². The molecule has 2 N–H and O–H groups in total. The third kappa shape index (κ3) is 2.53. The van der Waals surface area contributed by atoms with Gasteiger partial charge in [-0.2, -0.15) is 0 Å². The van der Waals surface area contributed by atoms with E-state index in [2.05, 4.69) is 20.9 Å². The number of ether oxygens (including phenoxy) is 1. The second kappa shape index (κ2) is 4.90. The lowest BCUT2D eigenvalue weighted by Gasteiger charge is -2.08. The highest BCUT2D eigenvalue weighted by Gasteiger charge is 2.05. The molecule has 0 saturated carbocycles. The molecule has 0 amide bonds. The number of nitrogen functional groups attached to an aromatic ring is 1. The van der Waals surface area contributed by atoms with Crippen molar-refractivity contribution >= 4 is 32.4 Å². The van der Waals surface area contributed by atoms with Gasteiger partial charge in [0, 0.05) is 27.8 Å². The highest BCUT2D eigenvalue weighted by Crippen LogP contribution is 2.30. The van der Waals surface area contributed by atoms with Crippen LogP contribution in [0.2, 0.25) is 0 Å². The van der Waals surface area contributed by atoms with Crippen molar-refractivity contribution < 1.29 is 4.74 Å². The summed E-state index contributed by atoms with van der Waals surface area (Å²) in [4.78, 5) is 4.28. The van der Waals surface area contributed by atoms with Gasteiger partial charge in [-0.05, 0) is 29.7 Å².